The molecule has 0 aliphatic carbocycles. The molecule has 6 nitrogen and oxygen atoms in total. The number of imide groups is 1. The molecule has 0 saturated carbocycles. The second-order valence-corrected chi connectivity index (χ2v) is 7.44. The third-order valence-electron chi connectivity index (χ3n) is 5.62. The van der Waals surface area contributed by atoms with E-state index < -0.39 is 5.92 Å². The fourth-order valence-corrected chi connectivity index (χ4v) is 3.98. The van der Waals surface area contributed by atoms with Crippen molar-refractivity contribution in [2.75, 3.05) is 20.6 Å². The number of rotatable bonds is 5. The van der Waals surface area contributed by atoms with E-state index in [4.69, 9.17) is 4.99 Å². The van der Waals surface area contributed by atoms with E-state index in [0.29, 0.717) is 18.1 Å². The molecular weight excluding hydrogens is 376 g/mol. The average molecular weight is 400 g/mol. The van der Waals surface area contributed by atoms with E-state index in [1.807, 2.05) is 36.4 Å². The number of hydrogen-bond donors (Lipinski definition) is 0. The van der Waals surface area contributed by atoms with Gasteiger partial charge >= 0.3 is 6.03 Å². The van der Waals surface area contributed by atoms with Gasteiger partial charge in [-0.2, -0.15) is 0 Å². The molecule has 2 aromatic carbocycles. The minimum atomic E-state index is -0.630. The van der Waals surface area contributed by atoms with Gasteiger partial charge in [0.15, 0.2) is 0 Å². The van der Waals surface area contributed by atoms with Gasteiger partial charge in [-0.3, -0.25) is 19.6 Å². The van der Waals surface area contributed by atoms with E-state index in [2.05, 4.69) is 29.3 Å². The molecule has 152 valence electrons. The molecule has 3 amide bonds. The molecule has 2 aromatic rings. The van der Waals surface area contributed by atoms with Crippen molar-refractivity contribution in [2.24, 2.45) is 15.9 Å². The topological polar surface area (TPSA) is 65.3 Å². The van der Waals surface area contributed by atoms with E-state index in [0.717, 1.165) is 11.3 Å². The number of benzene rings is 2. The molecule has 0 spiro atoms. The molecule has 2 heterocycles. The lowest BCUT2D eigenvalue weighted by molar-refractivity contribution is -0.128. The Labute approximate surface area is 176 Å². The maximum absolute atomic E-state index is 12.7. The molecule has 6 heteroatoms. The van der Waals surface area contributed by atoms with Crippen molar-refractivity contribution < 1.29 is 9.59 Å². The predicted octanol–water partition coefficient (Wildman–Crippen LogP) is 3.72. The Kier molecular flexibility index (Phi) is 5.57. The third-order valence-corrected chi connectivity index (χ3v) is 5.62. The summed E-state index contributed by atoms with van der Waals surface area (Å²) in [6.07, 6.45) is 4.19. The predicted molar refractivity (Wildman–Crippen MR) is 118 cm³/mol. The lowest BCUT2D eigenvalue weighted by atomic mass is 9.88. The van der Waals surface area contributed by atoms with Crippen LogP contribution in [-0.2, 0) is 4.79 Å². The maximum Gasteiger partial charge on any atom is 0.331 e. The lowest BCUT2D eigenvalue weighted by Crippen LogP contribution is -2.59. The largest absolute Gasteiger partial charge is 0.331 e. The van der Waals surface area contributed by atoms with E-state index in [-0.39, 0.29) is 17.9 Å². The van der Waals surface area contributed by atoms with Crippen molar-refractivity contribution in [3.8, 4) is 0 Å². The van der Waals surface area contributed by atoms with Gasteiger partial charge < -0.3 is 0 Å². The highest BCUT2D eigenvalue weighted by atomic mass is 16.2. The second-order valence-electron chi connectivity index (χ2n) is 7.44. The van der Waals surface area contributed by atoms with E-state index in [1.54, 1.807) is 19.3 Å². The molecule has 4 rings (SSSR count). The minimum Gasteiger partial charge on any atom is -0.288 e. The van der Waals surface area contributed by atoms with Crippen molar-refractivity contribution in [1.29, 1.82) is 0 Å². The van der Waals surface area contributed by atoms with E-state index in [1.165, 1.54) is 23.1 Å². The van der Waals surface area contributed by atoms with Crippen molar-refractivity contribution in [1.82, 2.24) is 9.80 Å². The van der Waals surface area contributed by atoms with Crippen LogP contribution < -0.4 is 0 Å². The van der Waals surface area contributed by atoms with Gasteiger partial charge in [0.2, 0.25) is 5.91 Å². The van der Waals surface area contributed by atoms with Gasteiger partial charge in [0.1, 0.15) is 11.8 Å². The van der Waals surface area contributed by atoms with Gasteiger partial charge in [-0.25, -0.2) is 9.79 Å². The second kappa shape index (κ2) is 8.45. The summed E-state index contributed by atoms with van der Waals surface area (Å²) in [5.74, 6) is -0.268. The molecule has 2 aliphatic rings. The summed E-state index contributed by atoms with van der Waals surface area (Å²) in [5, 5.41) is 0. The molecule has 1 atom stereocenters. The summed E-state index contributed by atoms with van der Waals surface area (Å²) in [6.45, 7) is 0.562. The van der Waals surface area contributed by atoms with Crippen LogP contribution in [0.4, 0.5) is 4.79 Å². The Morgan fingerprint density at radius 3 is 2.13 bits per heavy atom. The number of carbonyl (C=O) groups is 2. The van der Waals surface area contributed by atoms with Crippen molar-refractivity contribution in [3.05, 3.63) is 84.1 Å². The standard InChI is InChI=1S/C24H24N4O2/c1-27-22-21(23(29)28(2)24(27)30)20(14-16-26-22)25-15-13-19(17-9-5-3-6-10-17)18-11-7-4-8-12-18/h3-12,14,16,19,21H,13,15H2,1-2H3. The monoisotopic (exact) mass is 400 g/mol. The zero-order valence-electron chi connectivity index (χ0n) is 17.1. The maximum atomic E-state index is 12.7. The zero-order chi connectivity index (χ0) is 21.1. The Hall–Kier alpha value is -3.54. The SMILES string of the molecule is CN1C(=O)C2C(=NCCC(c3ccccc3)c3ccccc3)C=CN=C2N(C)C1=O. The van der Waals surface area contributed by atoms with Crippen LogP contribution in [-0.4, -0.2) is 53.9 Å². The van der Waals surface area contributed by atoms with Crippen LogP contribution in [0, 0.1) is 5.92 Å². The molecule has 1 fully saturated rings. The molecule has 0 bridgehead atoms. The number of hydrogen-bond acceptors (Lipinski definition) is 4. The molecular formula is C24H24N4O2. The highest BCUT2D eigenvalue weighted by Gasteiger charge is 2.43. The fraction of sp³-hybridized carbons (Fsp3) is 0.250. The summed E-state index contributed by atoms with van der Waals surface area (Å²) < 4.78 is 0. The van der Waals surface area contributed by atoms with Gasteiger partial charge in [-0.15, -0.1) is 0 Å². The molecule has 1 saturated heterocycles. The third kappa shape index (κ3) is 3.68. The van der Waals surface area contributed by atoms with Crippen LogP contribution in [0.25, 0.3) is 0 Å². The number of nitrogens with zero attached hydrogens (tertiary/aromatic N) is 4. The highest BCUT2D eigenvalue weighted by Crippen LogP contribution is 2.28. The molecule has 30 heavy (non-hydrogen) atoms. The molecule has 2 aliphatic heterocycles. The number of aliphatic imine (C=N–C) groups is 2. The summed E-state index contributed by atoms with van der Waals surface area (Å²) in [7, 11) is 3.13. The summed E-state index contributed by atoms with van der Waals surface area (Å²) >= 11 is 0. The lowest BCUT2D eigenvalue weighted by Gasteiger charge is -2.36. The summed E-state index contributed by atoms with van der Waals surface area (Å²) in [6, 6.07) is 20.4. The Balaban J connectivity index is 1.57. The average Bonchev–Trinajstić information content (AvgIpc) is 2.80. The Morgan fingerprint density at radius 1 is 0.933 bits per heavy atom. The quantitative estimate of drug-likeness (QED) is 0.768. The highest BCUT2D eigenvalue weighted by molar-refractivity contribution is 6.31. The van der Waals surface area contributed by atoms with Gasteiger partial charge in [0.05, 0.1) is 5.71 Å². The van der Waals surface area contributed by atoms with Crippen LogP contribution in [0.2, 0.25) is 0 Å². The van der Waals surface area contributed by atoms with Gasteiger partial charge in [0, 0.05) is 32.8 Å². The first-order chi connectivity index (χ1) is 14.6. The number of fused-ring (bicyclic) bond motifs is 1. The number of amidine groups is 1. The van der Waals surface area contributed by atoms with Crippen molar-refractivity contribution in [3.63, 3.8) is 0 Å². The minimum absolute atomic E-state index is 0.214. The van der Waals surface area contributed by atoms with E-state index >= 15 is 0 Å². The first-order valence-corrected chi connectivity index (χ1v) is 10.0. The Bertz CT molecular complexity index is 988. The van der Waals surface area contributed by atoms with Gasteiger partial charge in [0.25, 0.3) is 0 Å². The van der Waals surface area contributed by atoms with E-state index in [9.17, 15) is 9.59 Å². The van der Waals surface area contributed by atoms with Crippen molar-refractivity contribution >= 4 is 23.5 Å². The zero-order valence-corrected chi connectivity index (χ0v) is 17.1. The molecule has 0 aromatic heterocycles. The molecule has 1 unspecified atom stereocenters. The number of carbonyl (C=O) groups excluding carboxylic acids is 2. The number of urea groups is 1. The Morgan fingerprint density at radius 2 is 1.53 bits per heavy atom. The summed E-state index contributed by atoms with van der Waals surface area (Å²) in [5.41, 5.74) is 3.13. The van der Waals surface area contributed by atoms with Gasteiger partial charge in [-0.05, 0) is 23.6 Å². The number of allylic oxidation sites excluding steroid dienone is 1. The fourth-order valence-electron chi connectivity index (χ4n) is 3.98. The smallest absolute Gasteiger partial charge is 0.288 e. The van der Waals surface area contributed by atoms with Crippen LogP contribution in [0.3, 0.4) is 0 Å². The van der Waals surface area contributed by atoms with Crippen molar-refractivity contribution in [2.45, 2.75) is 12.3 Å². The van der Waals surface area contributed by atoms with Gasteiger partial charge in [-0.1, -0.05) is 60.7 Å². The molecule has 0 N–H and O–H groups in total. The first kappa shape index (κ1) is 19.8. The van der Waals surface area contributed by atoms with Crippen LogP contribution in [0.1, 0.15) is 23.5 Å². The first-order valence-electron chi connectivity index (χ1n) is 10.0. The van der Waals surface area contributed by atoms with Crippen LogP contribution in [0.15, 0.2) is 82.9 Å². The normalized spacial score (nSPS) is 20.0. The molecule has 0 radical (unpaired) electrons. The summed E-state index contributed by atoms with van der Waals surface area (Å²) in [4.78, 5) is 36.5. The van der Waals surface area contributed by atoms with Crippen LogP contribution >= 0.6 is 0 Å². The van der Waals surface area contributed by atoms with Crippen LogP contribution in [0.5, 0.6) is 0 Å². The number of amides is 3.